The zero-order chi connectivity index (χ0) is 38.9. The number of esters is 1. The summed E-state index contributed by atoms with van der Waals surface area (Å²) in [6, 6.07) is 0. The lowest BCUT2D eigenvalue weighted by atomic mass is 10.0. The van der Waals surface area contributed by atoms with Crippen molar-refractivity contribution in [1.82, 2.24) is 0 Å². The molecule has 0 aromatic heterocycles. The van der Waals surface area contributed by atoms with Crippen molar-refractivity contribution >= 4 is 5.97 Å². The second-order valence-electron chi connectivity index (χ2n) is 16.5. The molecule has 0 bridgehead atoms. The predicted molar refractivity (Wildman–Crippen MR) is 244 cm³/mol. The first-order chi connectivity index (χ1) is 26.8. The van der Waals surface area contributed by atoms with E-state index in [0.29, 0.717) is 13.0 Å². The van der Waals surface area contributed by atoms with Crippen LogP contribution in [0.25, 0.3) is 0 Å². The van der Waals surface area contributed by atoms with Gasteiger partial charge in [0.1, 0.15) is 0 Å². The number of hydrogen-bond acceptors (Lipinski definition) is 2. The molecule has 0 N–H and O–H groups in total. The van der Waals surface area contributed by atoms with Gasteiger partial charge in [0.05, 0.1) is 6.61 Å². The summed E-state index contributed by atoms with van der Waals surface area (Å²) < 4.78 is 5.45. The molecule has 2 heteroatoms. The van der Waals surface area contributed by atoms with Crippen molar-refractivity contribution < 1.29 is 9.53 Å². The number of carbonyl (C=O) groups excluding carboxylic acids is 1. The van der Waals surface area contributed by atoms with E-state index in [2.05, 4.69) is 62.5 Å². The average Bonchev–Trinajstić information content (AvgIpc) is 3.18. The van der Waals surface area contributed by atoms with Crippen molar-refractivity contribution in [2.24, 2.45) is 0 Å². The van der Waals surface area contributed by atoms with Crippen LogP contribution in [-0.2, 0) is 9.53 Å². The van der Waals surface area contributed by atoms with Gasteiger partial charge in [-0.15, -0.1) is 0 Å². The third kappa shape index (κ3) is 48.4. The summed E-state index contributed by atoms with van der Waals surface area (Å²) in [5.41, 5.74) is 0. The van der Waals surface area contributed by atoms with E-state index < -0.39 is 0 Å². The molecule has 0 unspecified atom stereocenters. The van der Waals surface area contributed by atoms with Crippen LogP contribution in [0.3, 0.4) is 0 Å². The maximum absolute atomic E-state index is 12.0. The molecule has 0 aliphatic heterocycles. The van der Waals surface area contributed by atoms with E-state index in [9.17, 15) is 4.79 Å². The Bertz CT molecular complexity index is 820. The fraction of sp³-hybridized carbons (Fsp3) is 0.827. The van der Waals surface area contributed by atoms with Crippen LogP contribution in [0.15, 0.2) is 48.6 Å². The highest BCUT2D eigenvalue weighted by Gasteiger charge is 2.02. The van der Waals surface area contributed by atoms with Crippen LogP contribution in [0.4, 0.5) is 0 Å². The SMILES string of the molecule is CCCCC/C=C\C/C=C\C/C=C\C/C=C\CCCC(=O)OCCCCCCCCCCCCCCCCCCCCCCCCCCCCCCCC. The van der Waals surface area contributed by atoms with Gasteiger partial charge in [0.2, 0.25) is 0 Å². The van der Waals surface area contributed by atoms with Gasteiger partial charge in [-0.1, -0.05) is 262 Å². The molecule has 0 heterocycles. The highest BCUT2D eigenvalue weighted by atomic mass is 16.5. The second kappa shape index (κ2) is 49.4. The van der Waals surface area contributed by atoms with E-state index in [-0.39, 0.29) is 5.97 Å². The minimum absolute atomic E-state index is 0.0266. The van der Waals surface area contributed by atoms with Crippen LogP contribution in [-0.4, -0.2) is 12.6 Å². The Kier molecular flexibility index (Phi) is 48.0. The first-order valence-electron chi connectivity index (χ1n) is 24.6. The van der Waals surface area contributed by atoms with Crippen molar-refractivity contribution in [3.05, 3.63) is 48.6 Å². The van der Waals surface area contributed by atoms with Gasteiger partial charge < -0.3 is 4.74 Å². The molecule has 0 aliphatic carbocycles. The number of ether oxygens (including phenoxy) is 1. The maximum atomic E-state index is 12.0. The van der Waals surface area contributed by atoms with E-state index >= 15 is 0 Å². The molecule has 0 aromatic rings. The van der Waals surface area contributed by atoms with Gasteiger partial charge in [-0.3, -0.25) is 4.79 Å². The quantitative estimate of drug-likeness (QED) is 0.0352. The van der Waals surface area contributed by atoms with Crippen molar-refractivity contribution in [2.45, 2.75) is 271 Å². The first kappa shape index (κ1) is 52.4. The van der Waals surface area contributed by atoms with Crippen LogP contribution >= 0.6 is 0 Å². The summed E-state index contributed by atoms with van der Waals surface area (Å²) in [7, 11) is 0. The summed E-state index contributed by atoms with van der Waals surface area (Å²) in [5.74, 6) is -0.0266. The maximum Gasteiger partial charge on any atom is 0.305 e. The molecule has 316 valence electrons. The van der Waals surface area contributed by atoms with Crippen LogP contribution in [0.5, 0.6) is 0 Å². The summed E-state index contributed by atoms with van der Waals surface area (Å²) in [6.45, 7) is 5.16. The molecule has 2 nitrogen and oxygen atoms in total. The van der Waals surface area contributed by atoms with Crippen molar-refractivity contribution in [1.29, 1.82) is 0 Å². The molecule has 0 atom stereocenters. The summed E-state index contributed by atoms with van der Waals surface area (Å²) in [6.07, 6.45) is 71.1. The molecule has 54 heavy (non-hydrogen) atoms. The highest BCUT2D eigenvalue weighted by Crippen LogP contribution is 2.17. The Morgan fingerprint density at radius 3 is 0.907 bits per heavy atom. The number of carbonyl (C=O) groups is 1. The fourth-order valence-corrected chi connectivity index (χ4v) is 7.31. The van der Waals surface area contributed by atoms with Gasteiger partial charge in [0.15, 0.2) is 0 Å². The zero-order valence-electron chi connectivity index (χ0n) is 36.9. The van der Waals surface area contributed by atoms with Gasteiger partial charge in [0.25, 0.3) is 0 Å². The molecule has 0 amide bonds. The lowest BCUT2D eigenvalue weighted by Crippen LogP contribution is -2.05. The van der Waals surface area contributed by atoms with Gasteiger partial charge in [-0.25, -0.2) is 0 Å². The van der Waals surface area contributed by atoms with Crippen LogP contribution < -0.4 is 0 Å². The lowest BCUT2D eigenvalue weighted by Gasteiger charge is -2.05. The monoisotopic (exact) mass is 753 g/mol. The van der Waals surface area contributed by atoms with E-state index in [4.69, 9.17) is 4.74 Å². The van der Waals surface area contributed by atoms with E-state index in [1.807, 2.05) is 0 Å². The van der Waals surface area contributed by atoms with E-state index in [1.165, 1.54) is 212 Å². The first-order valence-corrected chi connectivity index (χ1v) is 24.6. The number of unbranched alkanes of at least 4 members (excludes halogenated alkanes) is 33. The lowest BCUT2D eigenvalue weighted by molar-refractivity contribution is -0.143. The topological polar surface area (TPSA) is 26.3 Å². The Balaban J connectivity index is 3.24. The fourth-order valence-electron chi connectivity index (χ4n) is 7.31. The largest absolute Gasteiger partial charge is 0.466 e. The normalized spacial score (nSPS) is 12.1. The number of allylic oxidation sites excluding steroid dienone is 8. The van der Waals surface area contributed by atoms with Crippen LogP contribution in [0.1, 0.15) is 271 Å². The highest BCUT2D eigenvalue weighted by molar-refractivity contribution is 5.69. The predicted octanol–water partition coefficient (Wildman–Crippen LogP) is 18.4. The van der Waals surface area contributed by atoms with Crippen molar-refractivity contribution in [2.75, 3.05) is 6.61 Å². The Morgan fingerprint density at radius 2 is 0.574 bits per heavy atom. The molecule has 0 saturated carbocycles. The summed E-state index contributed by atoms with van der Waals surface area (Å²) >= 11 is 0. The standard InChI is InChI=1S/C52H96O2/c1-3-5-7-9-11-13-15-17-19-21-22-23-24-25-26-27-28-29-30-31-32-33-35-37-39-41-43-45-47-49-51-54-52(53)50-48-46-44-42-40-38-36-34-20-18-16-14-12-10-8-6-4-2/h12,14,18,20,36,38,42,44H,3-11,13,15-17,19,21-35,37,39-41,43,45-51H2,1-2H3/b14-12-,20-18-,38-36-,44-42-. The van der Waals surface area contributed by atoms with E-state index in [0.717, 1.165) is 38.5 Å². The minimum Gasteiger partial charge on any atom is -0.466 e. The zero-order valence-corrected chi connectivity index (χ0v) is 36.9. The Morgan fingerprint density at radius 1 is 0.315 bits per heavy atom. The van der Waals surface area contributed by atoms with Crippen molar-refractivity contribution in [3.8, 4) is 0 Å². The minimum atomic E-state index is -0.0266. The molecular formula is C52H96O2. The third-order valence-electron chi connectivity index (χ3n) is 11.0. The molecular weight excluding hydrogens is 657 g/mol. The number of hydrogen-bond donors (Lipinski definition) is 0. The van der Waals surface area contributed by atoms with Crippen LogP contribution in [0, 0.1) is 0 Å². The molecule has 0 saturated heterocycles. The summed E-state index contributed by atoms with van der Waals surface area (Å²) in [4.78, 5) is 12.0. The molecule has 0 radical (unpaired) electrons. The molecule has 0 aromatic carbocycles. The van der Waals surface area contributed by atoms with Crippen LogP contribution in [0.2, 0.25) is 0 Å². The van der Waals surface area contributed by atoms with Gasteiger partial charge >= 0.3 is 5.97 Å². The molecule has 0 fully saturated rings. The Labute approximate surface area is 340 Å². The second-order valence-corrected chi connectivity index (χ2v) is 16.5. The summed E-state index contributed by atoms with van der Waals surface area (Å²) in [5, 5.41) is 0. The molecule has 0 aliphatic rings. The smallest absolute Gasteiger partial charge is 0.305 e. The van der Waals surface area contributed by atoms with E-state index in [1.54, 1.807) is 0 Å². The van der Waals surface area contributed by atoms with Gasteiger partial charge in [0, 0.05) is 6.42 Å². The third-order valence-corrected chi connectivity index (χ3v) is 11.0. The van der Waals surface area contributed by atoms with Crippen molar-refractivity contribution in [3.63, 3.8) is 0 Å². The molecule has 0 rings (SSSR count). The molecule has 0 spiro atoms. The van der Waals surface area contributed by atoms with Gasteiger partial charge in [-0.05, 0) is 51.4 Å². The number of rotatable bonds is 45. The Hall–Kier alpha value is -1.57. The van der Waals surface area contributed by atoms with Gasteiger partial charge in [-0.2, -0.15) is 0 Å². The average molecular weight is 753 g/mol.